The number of halogens is 1. The first-order chi connectivity index (χ1) is 7.18. The first kappa shape index (κ1) is 9.67. The number of nitrogens with zero attached hydrogens (tertiary/aromatic N) is 2. The zero-order chi connectivity index (χ0) is 10.8. The van der Waals surface area contributed by atoms with Crippen molar-refractivity contribution in [1.29, 1.82) is 0 Å². The Morgan fingerprint density at radius 3 is 2.93 bits per heavy atom. The lowest BCUT2D eigenvalue weighted by atomic mass is 10.4. The molecular formula is C9H5ClN3O2. The van der Waals surface area contributed by atoms with E-state index >= 15 is 0 Å². The van der Waals surface area contributed by atoms with Gasteiger partial charge in [0.25, 0.3) is 5.56 Å². The molecule has 2 aromatic heterocycles. The van der Waals surface area contributed by atoms with Crippen molar-refractivity contribution in [3.63, 3.8) is 0 Å². The average molecular weight is 223 g/mol. The zero-order valence-electron chi connectivity index (χ0n) is 7.40. The molecule has 15 heavy (non-hydrogen) atoms. The molecule has 1 radical (unpaired) electrons. The van der Waals surface area contributed by atoms with Gasteiger partial charge in [0.05, 0.1) is 11.8 Å². The molecule has 0 aromatic carbocycles. The van der Waals surface area contributed by atoms with Crippen LogP contribution in [0.5, 0.6) is 0 Å². The van der Waals surface area contributed by atoms with Crippen molar-refractivity contribution in [2.75, 3.05) is 0 Å². The van der Waals surface area contributed by atoms with Gasteiger partial charge in [-0.05, 0) is 12.1 Å². The van der Waals surface area contributed by atoms with Gasteiger partial charge in [-0.1, -0.05) is 11.6 Å². The number of nitrogens with one attached hydrogen (secondary N) is 1. The fourth-order valence-electron chi connectivity index (χ4n) is 1.11. The molecule has 0 aliphatic carbocycles. The van der Waals surface area contributed by atoms with Crippen LogP contribution in [0, 0.1) is 6.07 Å². The monoisotopic (exact) mass is 222 g/mol. The third-order valence-electron chi connectivity index (χ3n) is 1.76. The van der Waals surface area contributed by atoms with Gasteiger partial charge in [-0.25, -0.2) is 9.78 Å². The van der Waals surface area contributed by atoms with E-state index in [-0.39, 0.29) is 5.15 Å². The Labute approximate surface area is 89.0 Å². The Kier molecular flexibility index (Phi) is 2.39. The van der Waals surface area contributed by atoms with Crippen LogP contribution in [0.1, 0.15) is 0 Å². The first-order valence-corrected chi connectivity index (χ1v) is 4.41. The molecule has 0 aliphatic rings. The van der Waals surface area contributed by atoms with E-state index in [0.29, 0.717) is 5.69 Å². The molecule has 2 heterocycles. The molecule has 6 heteroatoms. The van der Waals surface area contributed by atoms with Crippen LogP contribution in [-0.2, 0) is 0 Å². The number of H-pyrrole nitrogens is 1. The van der Waals surface area contributed by atoms with Crippen LogP contribution in [0.4, 0.5) is 0 Å². The molecule has 0 bridgehead atoms. The minimum Gasteiger partial charge on any atom is -0.273 e. The summed E-state index contributed by atoms with van der Waals surface area (Å²) in [6.07, 6.45) is 2.73. The maximum Gasteiger partial charge on any atom is 0.333 e. The molecule has 2 aromatic rings. The van der Waals surface area contributed by atoms with Gasteiger partial charge < -0.3 is 0 Å². The Morgan fingerprint density at radius 1 is 1.47 bits per heavy atom. The number of hydrogen-bond acceptors (Lipinski definition) is 3. The number of rotatable bonds is 1. The Morgan fingerprint density at radius 2 is 2.27 bits per heavy atom. The second kappa shape index (κ2) is 3.70. The maximum absolute atomic E-state index is 11.4. The fraction of sp³-hybridized carbons (Fsp3) is 0. The van der Waals surface area contributed by atoms with Gasteiger partial charge in [0, 0.05) is 12.4 Å². The highest BCUT2D eigenvalue weighted by molar-refractivity contribution is 6.31. The Balaban J connectivity index is 2.70. The Bertz CT molecular complexity index is 603. The number of aromatic nitrogens is 3. The van der Waals surface area contributed by atoms with Crippen LogP contribution in [0.3, 0.4) is 0 Å². The molecule has 0 atom stereocenters. The summed E-state index contributed by atoms with van der Waals surface area (Å²) in [5, 5.41) is 0.181. The summed E-state index contributed by atoms with van der Waals surface area (Å²) in [6.45, 7) is 0. The number of hydrogen-bond donors (Lipinski definition) is 1. The van der Waals surface area contributed by atoms with E-state index in [2.05, 4.69) is 16.0 Å². The molecule has 75 valence electrons. The van der Waals surface area contributed by atoms with Gasteiger partial charge in [0.2, 0.25) is 0 Å². The van der Waals surface area contributed by atoms with Crippen molar-refractivity contribution in [1.82, 2.24) is 14.5 Å². The van der Waals surface area contributed by atoms with Crippen LogP contribution < -0.4 is 11.2 Å². The van der Waals surface area contributed by atoms with Gasteiger partial charge in [-0.3, -0.25) is 14.3 Å². The van der Waals surface area contributed by atoms with Gasteiger partial charge in [0.15, 0.2) is 5.15 Å². The molecular weight excluding hydrogens is 218 g/mol. The summed E-state index contributed by atoms with van der Waals surface area (Å²) in [7, 11) is 0. The summed E-state index contributed by atoms with van der Waals surface area (Å²) in [5.74, 6) is 0. The SMILES string of the molecule is O=c1[c]cn(-c2cccnc2Cl)c(=O)[nH]1. The summed E-state index contributed by atoms with van der Waals surface area (Å²) < 4.78 is 1.16. The average Bonchev–Trinajstić information content (AvgIpc) is 2.20. The molecule has 1 N–H and O–H groups in total. The topological polar surface area (TPSA) is 67.8 Å². The highest BCUT2D eigenvalue weighted by Gasteiger charge is 2.04. The van der Waals surface area contributed by atoms with Crippen molar-refractivity contribution in [3.05, 3.63) is 56.6 Å². The predicted octanol–water partition coefficient (Wildman–Crippen LogP) is 0.374. The van der Waals surface area contributed by atoms with E-state index in [1.54, 1.807) is 12.1 Å². The summed E-state index contributed by atoms with van der Waals surface area (Å²) >= 11 is 5.79. The van der Waals surface area contributed by atoms with Crippen LogP contribution in [0.2, 0.25) is 5.15 Å². The molecule has 0 unspecified atom stereocenters. The largest absolute Gasteiger partial charge is 0.333 e. The molecule has 5 nitrogen and oxygen atoms in total. The van der Waals surface area contributed by atoms with Crippen LogP contribution in [0.15, 0.2) is 34.1 Å². The van der Waals surface area contributed by atoms with Crippen molar-refractivity contribution in [2.45, 2.75) is 0 Å². The van der Waals surface area contributed by atoms with E-state index in [0.717, 1.165) is 4.57 Å². The van der Waals surface area contributed by atoms with Gasteiger partial charge in [-0.2, -0.15) is 0 Å². The van der Waals surface area contributed by atoms with Gasteiger partial charge in [-0.15, -0.1) is 0 Å². The second-order valence-electron chi connectivity index (χ2n) is 2.72. The minimum atomic E-state index is -0.575. The molecule has 0 aliphatic heterocycles. The quantitative estimate of drug-likeness (QED) is 0.709. The fourth-order valence-corrected chi connectivity index (χ4v) is 1.32. The summed E-state index contributed by atoms with van der Waals surface area (Å²) in [4.78, 5) is 28.1. The number of aromatic amines is 1. The van der Waals surface area contributed by atoms with E-state index < -0.39 is 11.2 Å². The second-order valence-corrected chi connectivity index (χ2v) is 3.07. The van der Waals surface area contributed by atoms with E-state index in [9.17, 15) is 9.59 Å². The van der Waals surface area contributed by atoms with Crippen molar-refractivity contribution < 1.29 is 0 Å². The normalized spacial score (nSPS) is 10.2. The molecule has 0 saturated carbocycles. The smallest absolute Gasteiger partial charge is 0.273 e. The number of pyridine rings is 1. The predicted molar refractivity (Wildman–Crippen MR) is 54.3 cm³/mol. The van der Waals surface area contributed by atoms with Crippen molar-refractivity contribution in [2.24, 2.45) is 0 Å². The summed E-state index contributed by atoms with van der Waals surface area (Å²) in [5.41, 5.74) is -0.749. The van der Waals surface area contributed by atoms with E-state index in [4.69, 9.17) is 11.6 Å². The lowest BCUT2D eigenvalue weighted by Crippen LogP contribution is -2.27. The maximum atomic E-state index is 11.4. The third kappa shape index (κ3) is 1.82. The highest BCUT2D eigenvalue weighted by atomic mass is 35.5. The van der Waals surface area contributed by atoms with Crippen LogP contribution in [0.25, 0.3) is 5.69 Å². The lowest BCUT2D eigenvalue weighted by molar-refractivity contribution is 0.888. The van der Waals surface area contributed by atoms with Gasteiger partial charge >= 0.3 is 5.69 Å². The lowest BCUT2D eigenvalue weighted by Gasteiger charge is -2.04. The molecule has 0 saturated heterocycles. The molecule has 0 spiro atoms. The standard InChI is InChI=1S/C9H5ClN3O2/c10-8-6(2-1-4-11-8)13-5-3-7(14)12-9(13)15/h1-2,4-5H,(H,12,14,15). The first-order valence-electron chi connectivity index (χ1n) is 4.03. The van der Waals surface area contributed by atoms with Gasteiger partial charge in [0.1, 0.15) is 0 Å². The zero-order valence-corrected chi connectivity index (χ0v) is 8.15. The van der Waals surface area contributed by atoms with Crippen molar-refractivity contribution in [3.8, 4) is 5.69 Å². The van der Waals surface area contributed by atoms with E-state index in [1.165, 1.54) is 12.4 Å². The Hall–Kier alpha value is -1.88. The van der Waals surface area contributed by atoms with Crippen LogP contribution >= 0.6 is 11.6 Å². The van der Waals surface area contributed by atoms with Crippen LogP contribution in [-0.4, -0.2) is 14.5 Å². The molecule has 2 rings (SSSR count). The van der Waals surface area contributed by atoms with Crippen molar-refractivity contribution >= 4 is 11.6 Å². The highest BCUT2D eigenvalue weighted by Crippen LogP contribution is 2.13. The van der Waals surface area contributed by atoms with E-state index in [1.807, 2.05) is 0 Å². The third-order valence-corrected chi connectivity index (χ3v) is 2.05. The minimum absolute atomic E-state index is 0.181. The summed E-state index contributed by atoms with van der Waals surface area (Å²) in [6, 6.07) is 5.58. The molecule has 0 amide bonds. The molecule has 0 fully saturated rings.